The second-order valence-corrected chi connectivity index (χ2v) is 32.3. The van der Waals surface area contributed by atoms with E-state index >= 15 is 8.78 Å². The summed E-state index contributed by atoms with van der Waals surface area (Å²) in [7, 11) is 15.3. The van der Waals surface area contributed by atoms with Gasteiger partial charge < -0.3 is 0 Å². The fraction of sp³-hybridized carbons (Fsp3) is 0.333. The molecule has 12 aromatic rings. The van der Waals surface area contributed by atoms with E-state index in [1.807, 2.05) is 183 Å². The van der Waals surface area contributed by atoms with Gasteiger partial charge in [-0.15, -0.1) is 0 Å². The Morgan fingerprint density at radius 1 is 0.231 bits per heavy atom. The molecule has 0 bridgehead atoms. The molecule has 0 aliphatic carbocycles. The average molecular weight is 1470 g/mol. The van der Waals surface area contributed by atoms with Crippen LogP contribution in [0.15, 0.2) is 171 Å². The van der Waals surface area contributed by atoms with E-state index in [2.05, 4.69) is 179 Å². The van der Waals surface area contributed by atoms with Crippen LogP contribution in [0.2, 0.25) is 0 Å². The number of hydrogen-bond acceptors (Lipinski definition) is 4. The molecule has 12 rings (SSSR count). The highest BCUT2D eigenvalue weighted by Crippen LogP contribution is 2.39. The van der Waals surface area contributed by atoms with Gasteiger partial charge in [0.1, 0.15) is 89.8 Å². The number of pyridine rings is 12. The van der Waals surface area contributed by atoms with Gasteiger partial charge in [-0.2, -0.15) is 41.3 Å². The van der Waals surface area contributed by atoms with Gasteiger partial charge in [-0.3, -0.25) is 4.98 Å². The first-order chi connectivity index (χ1) is 50.4. The number of aryl methyl sites for hydroxylation is 10. The number of aromatic nitrogens is 12. The van der Waals surface area contributed by atoms with Crippen molar-refractivity contribution in [2.24, 2.45) is 56.4 Å². The average Bonchev–Trinajstić information content (AvgIpc) is 0.781. The molecule has 0 aliphatic rings. The van der Waals surface area contributed by atoms with Crippen LogP contribution < -0.4 is 36.5 Å². The lowest BCUT2D eigenvalue weighted by Gasteiger charge is -2.20. The van der Waals surface area contributed by atoms with Crippen molar-refractivity contribution in [1.29, 1.82) is 0 Å². The Bertz CT molecular complexity index is 4940. The van der Waals surface area contributed by atoms with E-state index in [0.717, 1.165) is 33.6 Å². The summed E-state index contributed by atoms with van der Waals surface area (Å²) in [6.45, 7) is 37.1. The maximum Gasteiger partial charge on any atom is 0.229 e. The third-order valence-corrected chi connectivity index (χ3v) is 20.2. The molecular weight excluding hydrogens is 1360 g/mol. The molecule has 0 N–H and O–H groups in total. The Kier molecular flexibility index (Phi) is 24.2. The van der Waals surface area contributed by atoms with Crippen LogP contribution in [-0.2, 0) is 78.0 Å². The van der Waals surface area contributed by atoms with Crippen LogP contribution >= 0.6 is 0 Å². The largest absolute Gasteiger partial charge is 0.257 e. The maximum atomic E-state index is 15.1. The zero-order valence-corrected chi connectivity index (χ0v) is 67.8. The molecule has 0 spiro atoms. The summed E-state index contributed by atoms with van der Waals surface area (Å²) < 4.78 is 104. The molecular formula is C90H106F6N12+8. The van der Waals surface area contributed by atoms with E-state index in [0.29, 0.717) is 84.2 Å². The van der Waals surface area contributed by atoms with Gasteiger partial charge in [-0.1, -0.05) is 83.1 Å². The summed E-state index contributed by atoms with van der Waals surface area (Å²) in [6.07, 6.45) is 15.6. The Morgan fingerprint density at radius 2 is 0.454 bits per heavy atom. The van der Waals surface area contributed by atoms with E-state index in [1.54, 1.807) is 42.0 Å². The van der Waals surface area contributed by atoms with E-state index in [4.69, 9.17) is 4.98 Å². The Morgan fingerprint density at radius 3 is 0.694 bits per heavy atom. The second kappa shape index (κ2) is 32.1. The monoisotopic (exact) mass is 1470 g/mol. The van der Waals surface area contributed by atoms with Crippen molar-refractivity contribution in [3.05, 3.63) is 262 Å². The number of hydrogen-bond donors (Lipinski definition) is 0. The summed E-state index contributed by atoms with van der Waals surface area (Å²) >= 11 is 0. The number of rotatable bonds is 8. The summed E-state index contributed by atoms with van der Waals surface area (Å²) in [6, 6.07) is 39.3. The van der Waals surface area contributed by atoms with Crippen LogP contribution in [0.4, 0.5) is 26.3 Å². The molecule has 0 unspecified atom stereocenters. The van der Waals surface area contributed by atoms with E-state index < -0.39 is 35.7 Å². The Labute approximate surface area is 634 Å². The molecule has 0 aliphatic heterocycles. The summed E-state index contributed by atoms with van der Waals surface area (Å²) in [5, 5.41) is 0. The van der Waals surface area contributed by atoms with Crippen LogP contribution in [0.25, 0.3) is 90.1 Å². The molecule has 12 nitrogen and oxygen atoms in total. The minimum Gasteiger partial charge on any atom is -0.257 e. The molecule has 0 fully saturated rings. The minimum atomic E-state index is -0.802. The van der Waals surface area contributed by atoms with Crippen molar-refractivity contribution in [2.45, 2.75) is 146 Å². The van der Waals surface area contributed by atoms with Crippen molar-refractivity contribution in [3.63, 3.8) is 0 Å². The predicted molar refractivity (Wildman–Crippen MR) is 413 cm³/mol. The Hall–Kier alpha value is -10.6. The van der Waals surface area contributed by atoms with Crippen LogP contribution in [0, 0.1) is 77.2 Å². The number of halogens is 6. The lowest BCUT2D eigenvalue weighted by Crippen LogP contribution is -2.35. The standard InChI is InChI=1S/2C26H33F2N3.C20H23N3.C18H17F2N3/c1-16-21(19-14-17(25(2,3)4)10-12-30(19)8)23(27)29-24(28)22(16)20-15-18(26(5,6)7)11-13-31(20)9;1-16-21(19-12-10-17(14-30(19)8)25(2,3)4)23(27)29-24(28)22(16)20-13-11-18(15-31(20)9)26(5,6)7;1-14-19(17-10-6-8-12-22(17)4)15(2)21-16(3)20(14)18-11-7-9-13-23(18)5;1-12-15(13-8-4-6-10-22(13)2)17(19)21-18(20)16(12)14-9-5-7-11-23(14)3/h2*10-15H,1-9H3;6-13H,1-5H3;4-11H,1-3H3/q4*+2. The van der Waals surface area contributed by atoms with Crippen LogP contribution in [0.5, 0.6) is 0 Å². The predicted octanol–water partition coefficient (Wildman–Crippen LogP) is 16.1. The van der Waals surface area contributed by atoms with Gasteiger partial charge in [-0.05, 0) is 133 Å². The molecule has 12 aromatic heterocycles. The molecule has 0 saturated carbocycles. The molecule has 560 valence electrons. The third kappa shape index (κ3) is 17.3. The highest BCUT2D eigenvalue weighted by Gasteiger charge is 2.35. The summed E-state index contributed by atoms with van der Waals surface area (Å²) in [4.78, 5) is 15.7. The fourth-order valence-electron chi connectivity index (χ4n) is 13.8. The second-order valence-electron chi connectivity index (χ2n) is 32.3. The van der Waals surface area contributed by atoms with Gasteiger partial charge in [0, 0.05) is 96.1 Å². The smallest absolute Gasteiger partial charge is 0.229 e. The van der Waals surface area contributed by atoms with E-state index in [9.17, 15) is 17.6 Å². The lowest BCUT2D eigenvalue weighted by molar-refractivity contribution is -0.661. The topological polar surface area (TPSA) is 82.6 Å². The van der Waals surface area contributed by atoms with Crippen LogP contribution in [-0.4, -0.2) is 19.9 Å². The summed E-state index contributed by atoms with van der Waals surface area (Å²) in [5.41, 5.74) is 19.9. The zero-order chi connectivity index (χ0) is 79.7. The minimum absolute atomic E-state index is 0.0291. The van der Waals surface area contributed by atoms with Gasteiger partial charge >= 0.3 is 0 Å². The van der Waals surface area contributed by atoms with E-state index in [1.165, 1.54) is 28.1 Å². The molecule has 12 heterocycles. The normalized spacial score (nSPS) is 11.7. The molecule has 0 atom stereocenters. The Balaban J connectivity index is 0.000000168. The molecule has 0 radical (unpaired) electrons. The molecule has 0 amide bonds. The molecule has 0 saturated heterocycles. The van der Waals surface area contributed by atoms with Crippen molar-refractivity contribution in [1.82, 2.24) is 19.9 Å². The zero-order valence-electron chi connectivity index (χ0n) is 67.8. The van der Waals surface area contributed by atoms with E-state index in [-0.39, 0.29) is 21.7 Å². The maximum absolute atomic E-state index is 15.1. The summed E-state index contributed by atoms with van der Waals surface area (Å²) in [5.74, 6) is -4.79. The molecule has 18 heteroatoms. The van der Waals surface area contributed by atoms with Crippen molar-refractivity contribution < 1.29 is 62.9 Å². The quantitative estimate of drug-likeness (QED) is 0.0862. The van der Waals surface area contributed by atoms with Gasteiger partial charge in [0.25, 0.3) is 0 Å². The SMILES string of the molecule is Cc1c(-c2cc(C(C)(C)C)cc[n+]2C)c(F)nc(F)c1-c1cc(C(C)(C)C)cc[n+]1C.Cc1c(-c2ccc(C(C)(C)C)c[n+]2C)c(F)nc(F)c1-c1ccc(C(C)(C)C)c[n+]1C.Cc1c(-c2cccc[n+]2C)c(F)nc(F)c1-c1cccc[n+]1C.Cc1nc(C)c(-c2cccc[n+]2C)c(C)c1-c1cccc[n+]1C. The molecule has 0 aromatic carbocycles. The van der Waals surface area contributed by atoms with Gasteiger partial charge in [-0.25, -0.2) is 36.5 Å². The van der Waals surface area contributed by atoms with Gasteiger partial charge in [0.15, 0.2) is 49.6 Å². The highest BCUT2D eigenvalue weighted by molar-refractivity contribution is 5.77. The van der Waals surface area contributed by atoms with Crippen molar-refractivity contribution in [3.8, 4) is 90.1 Å². The fourth-order valence-corrected chi connectivity index (χ4v) is 13.8. The number of nitrogens with zero attached hydrogens (tertiary/aromatic N) is 12. The highest BCUT2D eigenvalue weighted by atomic mass is 19.2. The van der Waals surface area contributed by atoms with Crippen molar-refractivity contribution in [2.75, 3.05) is 0 Å². The van der Waals surface area contributed by atoms with Crippen molar-refractivity contribution >= 4 is 0 Å². The third-order valence-electron chi connectivity index (χ3n) is 20.2. The van der Waals surface area contributed by atoms with Crippen LogP contribution in [0.3, 0.4) is 0 Å². The first kappa shape index (κ1) is 81.5. The first-order valence-corrected chi connectivity index (χ1v) is 36.3. The lowest BCUT2D eigenvalue weighted by atomic mass is 9.85. The van der Waals surface area contributed by atoms with Gasteiger partial charge in [0.2, 0.25) is 81.2 Å². The van der Waals surface area contributed by atoms with Gasteiger partial charge in [0.05, 0.1) is 22.5 Å². The first-order valence-electron chi connectivity index (χ1n) is 36.3. The van der Waals surface area contributed by atoms with Crippen LogP contribution in [0.1, 0.15) is 139 Å². The molecule has 108 heavy (non-hydrogen) atoms.